The number of ether oxygens (including phenoxy) is 2. The summed E-state index contributed by atoms with van der Waals surface area (Å²) in [4.78, 5) is 16.2. The zero-order valence-electron chi connectivity index (χ0n) is 17.9. The van der Waals surface area contributed by atoms with Gasteiger partial charge in [-0.15, -0.1) is 15.3 Å². The first-order valence-corrected chi connectivity index (χ1v) is 10.9. The molecule has 2 aliphatic rings. The zero-order valence-corrected chi connectivity index (χ0v) is 18.6. The molecule has 2 saturated heterocycles. The van der Waals surface area contributed by atoms with E-state index in [2.05, 4.69) is 20.5 Å². The summed E-state index contributed by atoms with van der Waals surface area (Å²) in [5, 5.41) is 16.2. The number of carbonyl (C=O) groups is 1. The van der Waals surface area contributed by atoms with Gasteiger partial charge in [0.25, 0.3) is 6.43 Å². The highest BCUT2D eigenvalue weighted by Crippen LogP contribution is 2.24. The summed E-state index contributed by atoms with van der Waals surface area (Å²) in [5.41, 5.74) is 0.845. The first kappa shape index (κ1) is 22.4. The van der Waals surface area contributed by atoms with Crippen LogP contribution >= 0.6 is 11.6 Å². The van der Waals surface area contributed by atoms with Crippen LogP contribution < -0.4 is 9.64 Å². The summed E-state index contributed by atoms with van der Waals surface area (Å²) in [6.45, 7) is 2.51. The van der Waals surface area contributed by atoms with Gasteiger partial charge in [-0.2, -0.15) is 0 Å². The quantitative estimate of drug-likeness (QED) is 0.518. The number of hydrogen-bond donors (Lipinski definition) is 0. The molecule has 0 spiro atoms. The van der Waals surface area contributed by atoms with Gasteiger partial charge >= 0.3 is 0 Å². The number of piperazine rings is 1. The number of fused-ring (bicyclic) bond motifs is 1. The lowest BCUT2D eigenvalue weighted by molar-refractivity contribution is -0.140. The first-order valence-electron chi connectivity index (χ1n) is 10.6. The second-order valence-electron chi connectivity index (χ2n) is 7.85. The van der Waals surface area contributed by atoms with Gasteiger partial charge in [0.05, 0.1) is 31.5 Å². The van der Waals surface area contributed by atoms with Gasteiger partial charge in [-0.3, -0.25) is 4.79 Å². The zero-order chi connectivity index (χ0) is 23.7. The van der Waals surface area contributed by atoms with Crippen LogP contribution in [-0.2, 0) is 16.1 Å². The van der Waals surface area contributed by atoms with Crippen LogP contribution in [0.15, 0.2) is 36.4 Å². The highest BCUT2D eigenvalue weighted by atomic mass is 35.5. The van der Waals surface area contributed by atoms with Crippen molar-refractivity contribution >= 4 is 23.3 Å². The molecule has 0 saturated carbocycles. The van der Waals surface area contributed by atoms with Crippen LogP contribution in [0.4, 0.5) is 14.6 Å². The molecule has 34 heavy (non-hydrogen) atoms. The lowest BCUT2D eigenvalue weighted by Gasteiger charge is -2.43. The van der Waals surface area contributed by atoms with Crippen LogP contribution in [0.1, 0.15) is 17.7 Å². The van der Waals surface area contributed by atoms with Crippen LogP contribution in [0.2, 0.25) is 5.15 Å². The monoisotopic (exact) mass is 491 g/mol. The molecule has 2 aliphatic heterocycles. The van der Waals surface area contributed by atoms with Gasteiger partial charge in [-0.1, -0.05) is 28.9 Å². The molecule has 1 atom stereocenters. The average molecular weight is 492 g/mol. The van der Waals surface area contributed by atoms with E-state index in [1.807, 2.05) is 9.80 Å². The number of rotatable bonds is 6. The lowest BCUT2D eigenvalue weighted by Crippen LogP contribution is -2.61. The predicted octanol–water partition coefficient (Wildman–Crippen LogP) is 2.27. The molecule has 0 bridgehead atoms. The van der Waals surface area contributed by atoms with E-state index in [1.54, 1.807) is 12.1 Å². The second kappa shape index (κ2) is 9.47. The molecule has 1 amide bonds. The van der Waals surface area contributed by atoms with Gasteiger partial charge in [0.1, 0.15) is 12.3 Å². The summed E-state index contributed by atoms with van der Waals surface area (Å²) in [6.07, 6.45) is -2.56. The van der Waals surface area contributed by atoms with Crippen LogP contribution in [0.3, 0.4) is 0 Å². The fraction of sp³-hybridized carbons (Fsp3) is 0.381. The third-order valence-electron chi connectivity index (χ3n) is 5.72. The van der Waals surface area contributed by atoms with Gasteiger partial charge in [-0.25, -0.2) is 13.5 Å². The fourth-order valence-electron chi connectivity index (χ4n) is 3.96. The average Bonchev–Trinajstić information content (AvgIpc) is 3.23. The molecule has 2 aromatic heterocycles. The topological polar surface area (TPSA) is 98.5 Å². The molecule has 0 N–H and O–H groups in total. The van der Waals surface area contributed by atoms with Gasteiger partial charge in [0.2, 0.25) is 11.8 Å². The predicted molar refractivity (Wildman–Crippen MR) is 116 cm³/mol. The fourth-order valence-corrected chi connectivity index (χ4v) is 4.12. The Kier molecular flexibility index (Phi) is 6.24. The molecule has 1 aromatic carbocycles. The van der Waals surface area contributed by atoms with Crippen LogP contribution in [-0.4, -0.2) is 74.9 Å². The van der Waals surface area contributed by atoms with Crippen molar-refractivity contribution in [2.75, 3.05) is 37.7 Å². The lowest BCUT2D eigenvalue weighted by atomic mass is 10.1. The molecule has 10 nitrogen and oxygen atoms in total. The third-order valence-corrected chi connectivity index (χ3v) is 6.01. The third kappa shape index (κ3) is 4.50. The SMILES string of the molecule is O=C1CN(c2ccc(OCc3c(Cl)nnn3-c3ccc(C(F)F)cc3)nn2)CC2COCCN12. The maximum absolute atomic E-state index is 12.8. The minimum absolute atomic E-state index is 0.00239. The highest BCUT2D eigenvalue weighted by Gasteiger charge is 2.35. The standard InChI is InChI=1S/C21H20ClF2N7O3/c22-20-16(31(28-27-20)14-3-1-13(2-4-14)21(23)24)12-34-18-6-5-17(25-26-18)29-9-15-11-33-8-7-30(15)19(32)10-29/h1-6,15,21H,7-12H2. The molecule has 178 valence electrons. The number of amides is 1. The van der Waals surface area contributed by atoms with Crippen molar-refractivity contribution in [1.29, 1.82) is 0 Å². The number of aromatic nitrogens is 5. The van der Waals surface area contributed by atoms with Crippen molar-refractivity contribution < 1.29 is 23.0 Å². The Bertz CT molecular complexity index is 1160. The van der Waals surface area contributed by atoms with Gasteiger partial charge in [0, 0.05) is 24.7 Å². The second-order valence-corrected chi connectivity index (χ2v) is 8.20. The summed E-state index contributed by atoms with van der Waals surface area (Å²) in [6, 6.07) is 9.01. The Morgan fingerprint density at radius 2 is 1.97 bits per heavy atom. The van der Waals surface area contributed by atoms with E-state index >= 15 is 0 Å². The van der Waals surface area contributed by atoms with Crippen molar-refractivity contribution in [3.8, 4) is 11.6 Å². The number of benzene rings is 1. The van der Waals surface area contributed by atoms with Gasteiger partial charge in [-0.05, 0) is 18.2 Å². The van der Waals surface area contributed by atoms with Crippen molar-refractivity contribution in [1.82, 2.24) is 30.1 Å². The van der Waals surface area contributed by atoms with Crippen LogP contribution in [0, 0.1) is 0 Å². The Labute approximate surface area is 198 Å². The van der Waals surface area contributed by atoms with E-state index in [0.717, 1.165) is 0 Å². The molecule has 4 heterocycles. The van der Waals surface area contributed by atoms with E-state index in [1.165, 1.54) is 28.9 Å². The molecule has 3 aromatic rings. The van der Waals surface area contributed by atoms with Crippen molar-refractivity contribution in [2.45, 2.75) is 19.1 Å². The largest absolute Gasteiger partial charge is 0.470 e. The van der Waals surface area contributed by atoms with E-state index in [9.17, 15) is 13.6 Å². The normalized spacial score (nSPS) is 18.4. The van der Waals surface area contributed by atoms with Crippen molar-refractivity contribution in [2.24, 2.45) is 0 Å². The van der Waals surface area contributed by atoms with E-state index in [-0.39, 0.29) is 41.7 Å². The Balaban J connectivity index is 1.25. The Hall–Kier alpha value is -3.38. The number of anilines is 1. The summed E-state index contributed by atoms with van der Waals surface area (Å²) >= 11 is 6.16. The molecule has 5 rings (SSSR count). The number of carbonyl (C=O) groups excluding carboxylic acids is 1. The molecule has 1 unspecified atom stereocenters. The molecular weight excluding hydrogens is 472 g/mol. The summed E-state index contributed by atoms with van der Waals surface area (Å²) in [7, 11) is 0. The number of hydrogen-bond acceptors (Lipinski definition) is 8. The number of nitrogens with zero attached hydrogens (tertiary/aromatic N) is 7. The van der Waals surface area contributed by atoms with Gasteiger partial charge in [0.15, 0.2) is 11.0 Å². The highest BCUT2D eigenvalue weighted by molar-refractivity contribution is 6.30. The summed E-state index contributed by atoms with van der Waals surface area (Å²) < 4.78 is 38.3. The number of alkyl halides is 2. The minimum Gasteiger partial charge on any atom is -0.470 e. The summed E-state index contributed by atoms with van der Waals surface area (Å²) in [5.74, 6) is 0.847. The van der Waals surface area contributed by atoms with E-state index in [0.29, 0.717) is 43.5 Å². The van der Waals surface area contributed by atoms with Crippen molar-refractivity contribution in [3.63, 3.8) is 0 Å². The van der Waals surface area contributed by atoms with Crippen LogP contribution in [0.25, 0.3) is 5.69 Å². The Morgan fingerprint density at radius 1 is 1.15 bits per heavy atom. The smallest absolute Gasteiger partial charge is 0.263 e. The minimum atomic E-state index is -2.56. The van der Waals surface area contributed by atoms with Crippen molar-refractivity contribution in [3.05, 3.63) is 52.8 Å². The van der Waals surface area contributed by atoms with Crippen LogP contribution in [0.5, 0.6) is 5.88 Å². The van der Waals surface area contributed by atoms with E-state index in [4.69, 9.17) is 21.1 Å². The van der Waals surface area contributed by atoms with E-state index < -0.39 is 6.43 Å². The molecule has 0 radical (unpaired) electrons. The molecular formula is C21H20ClF2N7O3. The van der Waals surface area contributed by atoms with Gasteiger partial charge < -0.3 is 19.3 Å². The Morgan fingerprint density at radius 3 is 2.71 bits per heavy atom. The molecule has 13 heteroatoms. The maximum atomic E-state index is 12.8. The first-order chi connectivity index (χ1) is 16.5. The molecule has 2 fully saturated rings. The maximum Gasteiger partial charge on any atom is 0.263 e. The number of halogens is 3. The number of morpholine rings is 1. The molecule has 0 aliphatic carbocycles.